The van der Waals surface area contributed by atoms with E-state index in [1.54, 1.807) is 12.2 Å². The Morgan fingerprint density at radius 3 is 1.32 bits per heavy atom. The Hall–Kier alpha value is -2.93. The van der Waals surface area contributed by atoms with Crippen LogP contribution in [0.4, 0.5) is 22.7 Å². The lowest BCUT2D eigenvalue weighted by atomic mass is 10.1. The standard InChI is InChI=1S/C24H34N4O2S/c1-5-25-21-11-9-19(17-23(21)27-7-3)13-15-31(29,30)16-14-20-10-12-22(26-6-2)24(18-20)28-8-4/h9-18,25-28H,5-8H2,1-4H3. The zero-order valence-corrected chi connectivity index (χ0v) is 19.6. The average Bonchev–Trinajstić information content (AvgIpc) is 2.75. The molecule has 0 aromatic heterocycles. The summed E-state index contributed by atoms with van der Waals surface area (Å²) in [4.78, 5) is 0. The van der Waals surface area contributed by atoms with E-state index in [9.17, 15) is 8.42 Å². The molecule has 0 aliphatic heterocycles. The van der Waals surface area contributed by atoms with Crippen LogP contribution in [0.15, 0.2) is 47.2 Å². The van der Waals surface area contributed by atoms with Crippen LogP contribution in [0.25, 0.3) is 12.2 Å². The summed E-state index contributed by atoms with van der Waals surface area (Å²) in [6.07, 6.45) is 3.24. The highest BCUT2D eigenvalue weighted by molar-refractivity contribution is 7.97. The van der Waals surface area contributed by atoms with Gasteiger partial charge in [-0.25, -0.2) is 8.42 Å². The van der Waals surface area contributed by atoms with Crippen LogP contribution in [0.3, 0.4) is 0 Å². The third-order valence-corrected chi connectivity index (χ3v) is 5.49. The van der Waals surface area contributed by atoms with Crippen LogP contribution < -0.4 is 21.3 Å². The zero-order chi connectivity index (χ0) is 22.7. The molecule has 2 aromatic rings. The summed E-state index contributed by atoms with van der Waals surface area (Å²) >= 11 is 0. The normalized spacial score (nSPS) is 11.7. The van der Waals surface area contributed by atoms with E-state index in [1.165, 1.54) is 10.8 Å². The lowest BCUT2D eigenvalue weighted by molar-refractivity contribution is 0.613. The highest BCUT2D eigenvalue weighted by Crippen LogP contribution is 2.25. The number of hydrogen-bond donors (Lipinski definition) is 4. The smallest absolute Gasteiger partial charge is 0.193 e. The predicted molar refractivity (Wildman–Crippen MR) is 137 cm³/mol. The van der Waals surface area contributed by atoms with Crippen LogP contribution in [0.1, 0.15) is 38.8 Å². The molecule has 168 valence electrons. The first kappa shape index (κ1) is 24.3. The average molecular weight is 443 g/mol. The van der Waals surface area contributed by atoms with Crippen molar-refractivity contribution in [3.63, 3.8) is 0 Å². The summed E-state index contributed by atoms with van der Waals surface area (Å²) in [5.41, 5.74) is 5.55. The van der Waals surface area contributed by atoms with Gasteiger partial charge in [0.1, 0.15) is 0 Å². The Labute approximate surface area is 186 Å². The van der Waals surface area contributed by atoms with Gasteiger partial charge in [-0.05, 0) is 75.2 Å². The van der Waals surface area contributed by atoms with Crippen LogP contribution >= 0.6 is 0 Å². The summed E-state index contributed by atoms with van der Waals surface area (Å²) < 4.78 is 25.0. The fourth-order valence-electron chi connectivity index (χ4n) is 3.09. The third kappa shape index (κ3) is 7.68. The van der Waals surface area contributed by atoms with Gasteiger partial charge in [0.25, 0.3) is 0 Å². The molecule has 2 rings (SSSR count). The van der Waals surface area contributed by atoms with Crippen molar-refractivity contribution >= 4 is 44.7 Å². The Morgan fingerprint density at radius 1 is 0.613 bits per heavy atom. The van der Waals surface area contributed by atoms with Crippen molar-refractivity contribution in [2.75, 3.05) is 47.4 Å². The van der Waals surface area contributed by atoms with Gasteiger partial charge in [-0.15, -0.1) is 0 Å². The van der Waals surface area contributed by atoms with E-state index >= 15 is 0 Å². The molecule has 0 atom stereocenters. The van der Waals surface area contributed by atoms with Crippen LogP contribution in [0, 0.1) is 0 Å². The minimum Gasteiger partial charge on any atom is -0.384 e. The van der Waals surface area contributed by atoms with Crippen molar-refractivity contribution in [1.29, 1.82) is 0 Å². The first-order valence-corrected chi connectivity index (χ1v) is 12.4. The topological polar surface area (TPSA) is 82.3 Å². The van der Waals surface area contributed by atoms with Gasteiger partial charge in [-0.2, -0.15) is 0 Å². The molecule has 0 saturated carbocycles. The fraction of sp³-hybridized carbons (Fsp3) is 0.333. The largest absolute Gasteiger partial charge is 0.384 e. The van der Waals surface area contributed by atoms with Gasteiger partial charge < -0.3 is 21.3 Å². The SMILES string of the molecule is CCNc1ccc(C=CS(=O)(=O)C=Cc2ccc(NCC)c(NCC)c2)cc1NCC. The van der Waals surface area contributed by atoms with E-state index in [0.29, 0.717) is 0 Å². The van der Waals surface area contributed by atoms with Crippen molar-refractivity contribution in [3.8, 4) is 0 Å². The van der Waals surface area contributed by atoms with Gasteiger partial charge in [0, 0.05) is 37.0 Å². The maximum Gasteiger partial charge on any atom is 0.193 e. The van der Waals surface area contributed by atoms with Gasteiger partial charge in [0.15, 0.2) is 9.84 Å². The lowest BCUT2D eigenvalue weighted by Crippen LogP contribution is -2.04. The molecular weight excluding hydrogens is 408 g/mol. The monoisotopic (exact) mass is 442 g/mol. The van der Waals surface area contributed by atoms with Crippen molar-refractivity contribution in [1.82, 2.24) is 0 Å². The summed E-state index contributed by atoms with van der Waals surface area (Å²) in [6.45, 7) is 11.3. The summed E-state index contributed by atoms with van der Waals surface area (Å²) in [5, 5.41) is 15.7. The van der Waals surface area contributed by atoms with E-state index in [0.717, 1.165) is 60.1 Å². The Kier molecular flexibility index (Phi) is 9.46. The number of nitrogens with one attached hydrogen (secondary N) is 4. The second kappa shape index (κ2) is 12.1. The molecule has 0 radical (unpaired) electrons. The third-order valence-electron chi connectivity index (χ3n) is 4.46. The quantitative estimate of drug-likeness (QED) is 0.349. The number of benzene rings is 2. The van der Waals surface area contributed by atoms with Crippen molar-refractivity contribution in [2.24, 2.45) is 0 Å². The van der Waals surface area contributed by atoms with Gasteiger partial charge in [0.2, 0.25) is 0 Å². The molecule has 0 aliphatic rings. The molecule has 0 aliphatic carbocycles. The Bertz CT molecular complexity index is 939. The molecule has 31 heavy (non-hydrogen) atoms. The van der Waals surface area contributed by atoms with Crippen LogP contribution in [0.5, 0.6) is 0 Å². The summed E-state index contributed by atoms with van der Waals surface area (Å²) in [5.74, 6) is 0. The first-order valence-electron chi connectivity index (χ1n) is 10.8. The molecule has 0 fully saturated rings. The van der Waals surface area contributed by atoms with Gasteiger partial charge in [-0.3, -0.25) is 0 Å². The number of hydrogen-bond acceptors (Lipinski definition) is 6. The van der Waals surface area contributed by atoms with E-state index in [-0.39, 0.29) is 0 Å². The van der Waals surface area contributed by atoms with E-state index < -0.39 is 9.84 Å². The molecule has 0 unspecified atom stereocenters. The van der Waals surface area contributed by atoms with Crippen LogP contribution in [-0.2, 0) is 9.84 Å². The minimum atomic E-state index is -3.50. The molecule has 0 bridgehead atoms. The van der Waals surface area contributed by atoms with Crippen molar-refractivity contribution < 1.29 is 8.42 Å². The lowest BCUT2D eigenvalue weighted by Gasteiger charge is -2.12. The van der Waals surface area contributed by atoms with Gasteiger partial charge in [0.05, 0.1) is 22.7 Å². The highest BCUT2D eigenvalue weighted by Gasteiger charge is 2.05. The predicted octanol–water partition coefficient (Wildman–Crippen LogP) is 5.47. The van der Waals surface area contributed by atoms with E-state index in [2.05, 4.69) is 21.3 Å². The minimum absolute atomic E-state index is 0.786. The molecular formula is C24H34N4O2S. The van der Waals surface area contributed by atoms with Crippen LogP contribution in [-0.4, -0.2) is 34.6 Å². The Balaban J connectivity index is 2.19. The molecule has 0 saturated heterocycles. The molecule has 2 aromatic carbocycles. The van der Waals surface area contributed by atoms with Crippen molar-refractivity contribution in [2.45, 2.75) is 27.7 Å². The van der Waals surface area contributed by atoms with Gasteiger partial charge in [-0.1, -0.05) is 12.1 Å². The van der Waals surface area contributed by atoms with Gasteiger partial charge >= 0.3 is 0 Å². The molecule has 6 nitrogen and oxygen atoms in total. The highest BCUT2D eigenvalue weighted by atomic mass is 32.2. The molecule has 0 amide bonds. The number of anilines is 4. The van der Waals surface area contributed by atoms with Crippen molar-refractivity contribution in [3.05, 3.63) is 58.3 Å². The van der Waals surface area contributed by atoms with E-state index in [1.807, 2.05) is 64.1 Å². The maximum absolute atomic E-state index is 12.5. The number of rotatable bonds is 12. The fourth-order valence-corrected chi connectivity index (χ4v) is 3.87. The zero-order valence-electron chi connectivity index (χ0n) is 18.8. The Morgan fingerprint density at radius 2 is 0.968 bits per heavy atom. The summed E-state index contributed by atoms with van der Waals surface area (Å²) in [7, 11) is -3.50. The number of sulfone groups is 1. The second-order valence-corrected chi connectivity index (χ2v) is 8.65. The molecule has 0 spiro atoms. The molecule has 4 N–H and O–H groups in total. The summed E-state index contributed by atoms with van der Waals surface area (Å²) in [6, 6.07) is 11.6. The van der Waals surface area contributed by atoms with Crippen LogP contribution in [0.2, 0.25) is 0 Å². The first-order chi connectivity index (χ1) is 14.9. The maximum atomic E-state index is 12.5. The van der Waals surface area contributed by atoms with E-state index in [4.69, 9.17) is 0 Å². The molecule has 7 heteroatoms. The second-order valence-electron chi connectivity index (χ2n) is 6.93. The molecule has 0 heterocycles.